The molecule has 7 aromatic rings. The first-order valence-corrected chi connectivity index (χ1v) is 14.5. The van der Waals surface area contributed by atoms with Crippen LogP contribution in [0.4, 0.5) is 0 Å². The highest BCUT2D eigenvalue weighted by molar-refractivity contribution is 5.33. The second-order valence-corrected chi connectivity index (χ2v) is 10.7. The van der Waals surface area contributed by atoms with Crippen molar-refractivity contribution >= 4 is 0 Å². The van der Waals surface area contributed by atoms with Crippen LogP contribution in [0, 0.1) is 0 Å². The van der Waals surface area contributed by atoms with Gasteiger partial charge in [0.05, 0.1) is 0 Å². The zero-order valence-corrected chi connectivity index (χ0v) is 26.0. The summed E-state index contributed by atoms with van der Waals surface area (Å²) in [7, 11) is 0. The molecule has 226 valence electrons. The van der Waals surface area contributed by atoms with Crippen LogP contribution in [0.3, 0.4) is 0 Å². The monoisotopic (exact) mass is 633 g/mol. The highest BCUT2D eigenvalue weighted by Crippen LogP contribution is 2.27. The van der Waals surface area contributed by atoms with Gasteiger partial charge in [-0.3, -0.25) is 5.10 Å². The standard InChI is InChI=1S/C36H33N7.2ClH/c1-5-13-29(14-6-1)35(30-15-7-2-8-16-30)42-23-21-40(27-42)25-33-37-34(39-38-33)26-41-22-24-43(28-41)36(31-17-9-3-10-18-31)32-19-11-4-12-20-32;;/h1-24,27-28,35-36H,25-26H2,(H,37,38,39);2*1H/q+2;;/p-2. The van der Waals surface area contributed by atoms with Crippen molar-refractivity contribution in [2.24, 2.45) is 0 Å². The van der Waals surface area contributed by atoms with Crippen molar-refractivity contribution < 1.29 is 33.9 Å². The van der Waals surface area contributed by atoms with Gasteiger partial charge in [0.1, 0.15) is 31.3 Å². The van der Waals surface area contributed by atoms with Crippen LogP contribution in [0.25, 0.3) is 0 Å². The summed E-state index contributed by atoms with van der Waals surface area (Å²) < 4.78 is 8.75. The molecular formula is C36H33Cl2N7. The van der Waals surface area contributed by atoms with Gasteiger partial charge < -0.3 is 24.8 Å². The Morgan fingerprint density at radius 2 is 0.911 bits per heavy atom. The van der Waals surface area contributed by atoms with Crippen LogP contribution >= 0.6 is 0 Å². The molecule has 0 unspecified atom stereocenters. The fourth-order valence-electron chi connectivity index (χ4n) is 5.74. The number of hydrogen-bond acceptors (Lipinski definition) is 2. The number of imidazole rings is 2. The predicted molar refractivity (Wildman–Crippen MR) is 164 cm³/mol. The second kappa shape index (κ2) is 14.7. The molecule has 0 amide bonds. The molecule has 0 atom stereocenters. The van der Waals surface area contributed by atoms with E-state index >= 15 is 0 Å². The highest BCUT2D eigenvalue weighted by atomic mass is 35.5. The maximum Gasteiger partial charge on any atom is 0.244 e. The Hall–Kier alpha value is -4.98. The topological polar surface area (TPSA) is 59.2 Å². The van der Waals surface area contributed by atoms with Crippen molar-refractivity contribution in [2.45, 2.75) is 25.2 Å². The van der Waals surface area contributed by atoms with Gasteiger partial charge in [0.2, 0.25) is 12.7 Å². The average Bonchev–Trinajstić information content (AvgIpc) is 3.83. The molecule has 0 saturated heterocycles. The zero-order chi connectivity index (χ0) is 28.8. The lowest BCUT2D eigenvalue weighted by atomic mass is 9.99. The van der Waals surface area contributed by atoms with Gasteiger partial charge in [-0.15, -0.1) is 0 Å². The Labute approximate surface area is 275 Å². The number of H-pyrrole nitrogens is 1. The van der Waals surface area contributed by atoms with Crippen LogP contribution in [0.2, 0.25) is 0 Å². The molecule has 0 saturated carbocycles. The van der Waals surface area contributed by atoms with Crippen molar-refractivity contribution in [3.8, 4) is 0 Å². The number of benzene rings is 4. The Morgan fingerprint density at radius 1 is 0.533 bits per heavy atom. The number of nitrogens with zero attached hydrogens (tertiary/aromatic N) is 6. The summed E-state index contributed by atoms with van der Waals surface area (Å²) in [6.45, 7) is 1.18. The summed E-state index contributed by atoms with van der Waals surface area (Å²) >= 11 is 0. The van der Waals surface area contributed by atoms with E-state index in [0.29, 0.717) is 13.1 Å². The minimum Gasteiger partial charge on any atom is -1.00 e. The van der Waals surface area contributed by atoms with E-state index in [2.05, 4.69) is 187 Å². The highest BCUT2D eigenvalue weighted by Gasteiger charge is 2.23. The molecule has 9 heteroatoms. The first-order valence-electron chi connectivity index (χ1n) is 14.5. The molecule has 0 spiro atoms. The quantitative estimate of drug-likeness (QED) is 0.204. The van der Waals surface area contributed by atoms with Gasteiger partial charge in [-0.1, -0.05) is 121 Å². The van der Waals surface area contributed by atoms with Crippen molar-refractivity contribution in [3.63, 3.8) is 0 Å². The lowest BCUT2D eigenvalue weighted by Crippen LogP contribution is -3.00. The molecule has 7 rings (SSSR count). The molecule has 3 heterocycles. The Balaban J connectivity index is 0.00000200. The van der Waals surface area contributed by atoms with Gasteiger partial charge in [0.25, 0.3) is 0 Å². The predicted octanol–water partition coefficient (Wildman–Crippen LogP) is -0.637. The molecular weight excluding hydrogens is 601 g/mol. The van der Waals surface area contributed by atoms with Crippen molar-refractivity contribution in [2.75, 3.05) is 0 Å². The fourth-order valence-corrected chi connectivity index (χ4v) is 5.74. The smallest absolute Gasteiger partial charge is 0.244 e. The van der Waals surface area contributed by atoms with Crippen LogP contribution < -0.4 is 33.9 Å². The molecule has 0 aliphatic heterocycles. The van der Waals surface area contributed by atoms with E-state index in [4.69, 9.17) is 4.98 Å². The fraction of sp³-hybridized carbons (Fsp3) is 0.111. The summed E-state index contributed by atoms with van der Waals surface area (Å²) in [5, 5.41) is 7.68. The SMILES string of the molecule is [Cl-].[Cl-].c1ccc(C(c2ccccc2)n2cc[n+](Cc3n[nH]c(C[n+]4ccn(C(c5ccccc5)c5ccccc5)c4)n3)c2)cc1. The number of aromatic nitrogens is 7. The number of nitrogens with one attached hydrogen (secondary N) is 1. The Kier molecular flexibility index (Phi) is 10.2. The van der Waals surface area contributed by atoms with Crippen LogP contribution in [0.15, 0.2) is 159 Å². The summed E-state index contributed by atoms with van der Waals surface area (Å²) in [5.74, 6) is 1.57. The van der Waals surface area contributed by atoms with E-state index in [1.54, 1.807) is 0 Å². The van der Waals surface area contributed by atoms with Gasteiger partial charge in [-0.2, -0.15) is 5.10 Å². The van der Waals surface area contributed by atoms with Crippen LogP contribution in [-0.2, 0) is 13.1 Å². The van der Waals surface area contributed by atoms with Gasteiger partial charge in [0, 0.05) is 22.3 Å². The number of rotatable bonds is 10. The maximum absolute atomic E-state index is 4.81. The van der Waals surface area contributed by atoms with Crippen molar-refractivity contribution in [1.82, 2.24) is 24.3 Å². The van der Waals surface area contributed by atoms with E-state index < -0.39 is 0 Å². The summed E-state index contributed by atoms with van der Waals surface area (Å²) in [6, 6.07) is 42.6. The number of halogens is 2. The number of hydrogen-bond donors (Lipinski definition) is 1. The molecule has 7 nitrogen and oxygen atoms in total. The van der Waals surface area contributed by atoms with Gasteiger partial charge in [-0.25, -0.2) is 23.3 Å². The minimum absolute atomic E-state index is 0. The summed E-state index contributed by atoms with van der Waals surface area (Å²) in [6.07, 6.45) is 12.7. The average molecular weight is 635 g/mol. The van der Waals surface area contributed by atoms with Gasteiger partial charge >= 0.3 is 0 Å². The first kappa shape index (κ1) is 31.4. The van der Waals surface area contributed by atoms with Gasteiger partial charge in [-0.05, 0) is 0 Å². The molecule has 1 N–H and O–H groups in total. The van der Waals surface area contributed by atoms with E-state index in [9.17, 15) is 0 Å². The maximum atomic E-state index is 4.81. The molecule has 3 aromatic heterocycles. The summed E-state index contributed by atoms with van der Waals surface area (Å²) in [4.78, 5) is 4.81. The minimum atomic E-state index is 0. The lowest BCUT2D eigenvalue weighted by molar-refractivity contribution is -0.689. The van der Waals surface area contributed by atoms with Crippen LogP contribution in [-0.4, -0.2) is 24.3 Å². The molecule has 0 aliphatic carbocycles. The van der Waals surface area contributed by atoms with Crippen LogP contribution in [0.1, 0.15) is 46.0 Å². The van der Waals surface area contributed by atoms with E-state index in [-0.39, 0.29) is 36.9 Å². The molecule has 0 bridgehead atoms. The third-order valence-electron chi connectivity index (χ3n) is 7.72. The van der Waals surface area contributed by atoms with E-state index in [1.165, 1.54) is 22.3 Å². The van der Waals surface area contributed by atoms with E-state index in [1.807, 2.05) is 0 Å². The van der Waals surface area contributed by atoms with E-state index in [0.717, 1.165) is 11.6 Å². The molecule has 4 aromatic carbocycles. The largest absolute Gasteiger partial charge is 1.00 e. The van der Waals surface area contributed by atoms with Crippen LogP contribution in [0.5, 0.6) is 0 Å². The third kappa shape index (κ3) is 7.23. The third-order valence-corrected chi connectivity index (χ3v) is 7.72. The molecule has 45 heavy (non-hydrogen) atoms. The molecule has 0 fully saturated rings. The van der Waals surface area contributed by atoms with Gasteiger partial charge in [0.15, 0.2) is 30.3 Å². The summed E-state index contributed by atoms with van der Waals surface area (Å²) in [5.41, 5.74) is 4.96. The lowest BCUT2D eigenvalue weighted by Gasteiger charge is -2.14. The molecule has 0 aliphatic rings. The number of aromatic amines is 1. The van der Waals surface area contributed by atoms with Crippen molar-refractivity contribution in [3.05, 3.63) is 193 Å². The normalized spacial score (nSPS) is 10.9. The zero-order valence-electron chi connectivity index (χ0n) is 24.5. The Morgan fingerprint density at radius 3 is 1.31 bits per heavy atom. The van der Waals surface area contributed by atoms with Crippen molar-refractivity contribution in [1.29, 1.82) is 0 Å². The first-order chi connectivity index (χ1) is 21.3. The molecule has 0 radical (unpaired) electrons. The second-order valence-electron chi connectivity index (χ2n) is 10.7. The Bertz CT molecular complexity index is 1670.